The van der Waals surface area contributed by atoms with Crippen LogP contribution in [0.25, 0.3) is 0 Å². The van der Waals surface area contributed by atoms with Crippen molar-refractivity contribution < 1.29 is 23.9 Å². The van der Waals surface area contributed by atoms with Gasteiger partial charge in [-0.05, 0) is 51.9 Å². The molecule has 0 aromatic heterocycles. The van der Waals surface area contributed by atoms with Gasteiger partial charge in [0, 0.05) is 6.54 Å². The quantitative estimate of drug-likeness (QED) is 0.542. The van der Waals surface area contributed by atoms with Gasteiger partial charge in [0.05, 0.1) is 0 Å². The Balaban J connectivity index is 2.94. The second-order valence-electron chi connectivity index (χ2n) is 9.65. The molecule has 0 saturated carbocycles. The van der Waals surface area contributed by atoms with Crippen LogP contribution in [0.15, 0.2) is 0 Å². The van der Waals surface area contributed by atoms with Crippen molar-refractivity contribution in [3.05, 3.63) is 0 Å². The molecule has 1 rings (SSSR count). The summed E-state index contributed by atoms with van der Waals surface area (Å²) in [4.78, 5) is 51.4. The number of likely N-dealkylation sites (tertiary alicyclic amines) is 1. The molecule has 0 bridgehead atoms. The van der Waals surface area contributed by atoms with E-state index < -0.39 is 41.6 Å². The molecular weight excluding hydrogens is 388 g/mol. The first-order valence-electron chi connectivity index (χ1n) is 10.6. The number of nitrogens with one attached hydrogen (secondary N) is 2. The summed E-state index contributed by atoms with van der Waals surface area (Å²) in [5.41, 5.74) is 4.73. The predicted molar refractivity (Wildman–Crippen MR) is 113 cm³/mol. The molecule has 30 heavy (non-hydrogen) atoms. The van der Waals surface area contributed by atoms with E-state index in [1.54, 1.807) is 20.8 Å². The maximum absolute atomic E-state index is 13.1. The molecule has 4 amide bonds. The standard InChI is InChI=1S/C21H38N4O5/c1-12(2)11-14(23-20(29)30-21(5,6)7)18(27)24-16(13(3)4)19(28)25-10-8-9-15(25)17(22)26/h12-16H,8-11H2,1-7H3,(H2,22,26)(H,23,29)(H,24,27)/t14-,15-,16-/m1/s1. The van der Waals surface area contributed by atoms with Gasteiger partial charge in [-0.25, -0.2) is 4.79 Å². The molecule has 0 unspecified atom stereocenters. The largest absolute Gasteiger partial charge is 0.444 e. The Morgan fingerprint density at radius 2 is 1.70 bits per heavy atom. The summed E-state index contributed by atoms with van der Waals surface area (Å²) in [5.74, 6) is -1.42. The number of nitrogens with two attached hydrogens (primary N) is 1. The number of hydrogen-bond donors (Lipinski definition) is 3. The summed E-state index contributed by atoms with van der Waals surface area (Å²) in [7, 11) is 0. The highest BCUT2D eigenvalue weighted by molar-refractivity contribution is 5.94. The van der Waals surface area contributed by atoms with E-state index in [1.165, 1.54) is 4.90 Å². The van der Waals surface area contributed by atoms with E-state index in [0.29, 0.717) is 25.8 Å². The number of carbonyl (C=O) groups is 4. The van der Waals surface area contributed by atoms with Crippen molar-refractivity contribution in [3.63, 3.8) is 0 Å². The van der Waals surface area contributed by atoms with Crippen LogP contribution in [0.1, 0.15) is 67.7 Å². The molecule has 4 N–H and O–H groups in total. The summed E-state index contributed by atoms with van der Waals surface area (Å²) in [5, 5.41) is 5.39. The number of primary amides is 1. The van der Waals surface area contributed by atoms with Crippen molar-refractivity contribution in [1.82, 2.24) is 15.5 Å². The molecular formula is C21H38N4O5. The molecule has 9 heteroatoms. The van der Waals surface area contributed by atoms with E-state index in [0.717, 1.165) is 0 Å². The van der Waals surface area contributed by atoms with Gasteiger partial charge in [-0.1, -0.05) is 27.7 Å². The van der Waals surface area contributed by atoms with Gasteiger partial charge in [0.2, 0.25) is 17.7 Å². The molecule has 1 saturated heterocycles. The third kappa shape index (κ3) is 7.84. The zero-order valence-electron chi connectivity index (χ0n) is 19.3. The van der Waals surface area contributed by atoms with E-state index in [2.05, 4.69) is 10.6 Å². The molecule has 0 radical (unpaired) electrons. The molecule has 9 nitrogen and oxygen atoms in total. The van der Waals surface area contributed by atoms with Crippen LogP contribution in [0.5, 0.6) is 0 Å². The normalized spacial score (nSPS) is 18.8. The molecule has 1 aliphatic rings. The first-order valence-corrected chi connectivity index (χ1v) is 10.6. The van der Waals surface area contributed by atoms with Crippen LogP contribution < -0.4 is 16.4 Å². The highest BCUT2D eigenvalue weighted by Gasteiger charge is 2.38. The molecule has 0 spiro atoms. The summed E-state index contributed by atoms with van der Waals surface area (Å²) < 4.78 is 5.26. The van der Waals surface area contributed by atoms with Crippen molar-refractivity contribution in [2.45, 2.75) is 91.5 Å². The van der Waals surface area contributed by atoms with Gasteiger partial charge in [0.25, 0.3) is 0 Å². The van der Waals surface area contributed by atoms with E-state index in [1.807, 2.05) is 27.7 Å². The van der Waals surface area contributed by atoms with Crippen molar-refractivity contribution >= 4 is 23.8 Å². The third-order valence-corrected chi connectivity index (χ3v) is 4.81. The van der Waals surface area contributed by atoms with Crippen LogP contribution in [0, 0.1) is 11.8 Å². The van der Waals surface area contributed by atoms with Gasteiger partial charge in [-0.2, -0.15) is 0 Å². The fourth-order valence-corrected chi connectivity index (χ4v) is 3.43. The fraction of sp³-hybridized carbons (Fsp3) is 0.810. The minimum atomic E-state index is -0.848. The molecule has 1 fully saturated rings. The van der Waals surface area contributed by atoms with Crippen molar-refractivity contribution in [3.8, 4) is 0 Å². The lowest BCUT2D eigenvalue weighted by Crippen LogP contribution is -2.58. The van der Waals surface area contributed by atoms with E-state index in [4.69, 9.17) is 10.5 Å². The maximum atomic E-state index is 13.1. The smallest absolute Gasteiger partial charge is 0.408 e. The highest BCUT2D eigenvalue weighted by atomic mass is 16.6. The lowest BCUT2D eigenvalue weighted by molar-refractivity contribution is -0.142. The van der Waals surface area contributed by atoms with Crippen LogP contribution in [-0.2, 0) is 19.1 Å². The molecule has 0 aromatic carbocycles. The van der Waals surface area contributed by atoms with Crippen LogP contribution in [0.3, 0.4) is 0 Å². The Labute approximate surface area is 179 Å². The van der Waals surface area contributed by atoms with Crippen LogP contribution in [-0.4, -0.2) is 59.0 Å². The fourth-order valence-electron chi connectivity index (χ4n) is 3.43. The average molecular weight is 427 g/mol. The zero-order valence-corrected chi connectivity index (χ0v) is 19.3. The minimum absolute atomic E-state index is 0.127. The van der Waals surface area contributed by atoms with Crippen molar-refractivity contribution in [2.24, 2.45) is 17.6 Å². The number of rotatable bonds is 8. The Hall–Kier alpha value is -2.32. The molecule has 1 aliphatic heterocycles. The molecule has 172 valence electrons. The number of carbonyl (C=O) groups excluding carboxylic acids is 4. The summed E-state index contributed by atoms with van der Waals surface area (Å²) in [6.45, 7) is 13.1. The Morgan fingerprint density at radius 1 is 1.10 bits per heavy atom. The van der Waals surface area contributed by atoms with Crippen molar-refractivity contribution in [1.29, 1.82) is 0 Å². The first kappa shape index (κ1) is 25.7. The number of hydrogen-bond acceptors (Lipinski definition) is 5. The van der Waals surface area contributed by atoms with Gasteiger partial charge in [0.15, 0.2) is 0 Å². The lowest BCUT2D eigenvalue weighted by atomic mass is 9.99. The molecule has 0 aromatic rings. The highest BCUT2D eigenvalue weighted by Crippen LogP contribution is 2.20. The monoisotopic (exact) mass is 426 g/mol. The summed E-state index contributed by atoms with van der Waals surface area (Å²) >= 11 is 0. The SMILES string of the molecule is CC(C)C[C@@H](NC(=O)OC(C)(C)C)C(=O)N[C@@H](C(=O)N1CCC[C@@H]1C(N)=O)C(C)C. The number of amides is 4. The van der Waals surface area contributed by atoms with Crippen LogP contribution in [0.4, 0.5) is 4.79 Å². The Kier molecular flexibility index (Phi) is 9.11. The predicted octanol–water partition coefficient (Wildman–Crippen LogP) is 1.54. The topological polar surface area (TPSA) is 131 Å². The number of nitrogens with zero attached hydrogens (tertiary/aromatic N) is 1. The number of ether oxygens (including phenoxy) is 1. The zero-order chi connectivity index (χ0) is 23.2. The van der Waals surface area contributed by atoms with Crippen LogP contribution in [0.2, 0.25) is 0 Å². The minimum Gasteiger partial charge on any atom is -0.444 e. The van der Waals surface area contributed by atoms with E-state index in [-0.39, 0.29) is 17.7 Å². The van der Waals surface area contributed by atoms with Gasteiger partial charge in [-0.3, -0.25) is 14.4 Å². The van der Waals surface area contributed by atoms with Gasteiger partial charge in [-0.15, -0.1) is 0 Å². The maximum Gasteiger partial charge on any atom is 0.408 e. The Morgan fingerprint density at radius 3 is 2.17 bits per heavy atom. The second kappa shape index (κ2) is 10.6. The average Bonchev–Trinajstić information content (AvgIpc) is 3.05. The van der Waals surface area contributed by atoms with Crippen molar-refractivity contribution in [2.75, 3.05) is 6.54 Å². The first-order chi connectivity index (χ1) is 13.7. The third-order valence-electron chi connectivity index (χ3n) is 4.81. The molecule has 1 heterocycles. The van der Waals surface area contributed by atoms with Crippen LogP contribution >= 0.6 is 0 Å². The second-order valence-corrected chi connectivity index (χ2v) is 9.65. The van der Waals surface area contributed by atoms with Gasteiger partial charge >= 0.3 is 6.09 Å². The summed E-state index contributed by atoms with van der Waals surface area (Å²) in [6, 6.07) is -2.33. The number of alkyl carbamates (subject to hydrolysis) is 1. The molecule has 0 aliphatic carbocycles. The van der Waals surface area contributed by atoms with E-state index in [9.17, 15) is 19.2 Å². The Bertz CT molecular complexity index is 642. The van der Waals surface area contributed by atoms with E-state index >= 15 is 0 Å². The molecule has 3 atom stereocenters. The summed E-state index contributed by atoms with van der Waals surface area (Å²) in [6.07, 6.45) is 0.909. The lowest BCUT2D eigenvalue weighted by Gasteiger charge is -2.31. The van der Waals surface area contributed by atoms with Gasteiger partial charge in [0.1, 0.15) is 23.7 Å². The van der Waals surface area contributed by atoms with Gasteiger partial charge < -0.3 is 26.0 Å².